The Balaban J connectivity index is 1.60. The molecule has 2 bridgehead atoms. The maximum absolute atomic E-state index is 15.0. The van der Waals surface area contributed by atoms with Crippen LogP contribution in [0.15, 0.2) is 41.5 Å². The quantitative estimate of drug-likeness (QED) is 0.152. The van der Waals surface area contributed by atoms with Crippen LogP contribution in [0.4, 0.5) is 0 Å². The van der Waals surface area contributed by atoms with Crippen molar-refractivity contribution in [1.82, 2.24) is 5.48 Å². The number of aliphatic hydroxyl groups is 1. The van der Waals surface area contributed by atoms with Gasteiger partial charge in [0.1, 0.15) is 12.2 Å². The second-order valence-corrected chi connectivity index (χ2v) is 14.9. The smallest absolute Gasteiger partial charge is 0.335 e. The molecule has 254 valence electrons. The average Bonchev–Trinajstić information content (AvgIpc) is 3.02. The highest BCUT2D eigenvalue weighted by atomic mass is 16.6. The maximum Gasteiger partial charge on any atom is 0.335 e. The van der Waals surface area contributed by atoms with E-state index in [1.165, 1.54) is 14.2 Å². The molecule has 1 aromatic rings. The summed E-state index contributed by atoms with van der Waals surface area (Å²) in [7, 11) is 5.05. The number of hydroxylamine groups is 1. The predicted molar refractivity (Wildman–Crippen MR) is 173 cm³/mol. The number of esters is 1. The molecule has 10 nitrogen and oxygen atoms in total. The third-order valence-electron chi connectivity index (χ3n) is 12.7. The molecule has 0 aromatic heterocycles. The minimum absolute atomic E-state index is 0.0860. The van der Waals surface area contributed by atoms with Crippen LogP contribution in [-0.4, -0.2) is 99.8 Å². The summed E-state index contributed by atoms with van der Waals surface area (Å²) in [6, 6.07) is 9.52. The van der Waals surface area contributed by atoms with Crippen LogP contribution in [0, 0.1) is 28.1 Å². The summed E-state index contributed by atoms with van der Waals surface area (Å²) in [6.07, 6.45) is -2.33. The fraction of sp³-hybridized carbons (Fsp3) is 0.714. The zero-order valence-electron chi connectivity index (χ0n) is 28.8. The highest BCUT2D eigenvalue weighted by molar-refractivity contribution is 6.39. The van der Waals surface area contributed by atoms with Crippen molar-refractivity contribution in [3.8, 4) is 0 Å². The number of hydrogen-bond donors (Lipinski definition) is 3. The third kappa shape index (κ3) is 5.04. The lowest BCUT2D eigenvalue weighted by Gasteiger charge is -2.69. The molecule has 0 unspecified atom stereocenters. The van der Waals surface area contributed by atoms with Gasteiger partial charge in [0.05, 0.1) is 29.8 Å². The van der Waals surface area contributed by atoms with Crippen LogP contribution >= 0.6 is 0 Å². The van der Waals surface area contributed by atoms with Gasteiger partial charge in [0.25, 0.3) is 0 Å². The zero-order chi connectivity index (χ0) is 33.8. The van der Waals surface area contributed by atoms with Gasteiger partial charge in [-0.1, -0.05) is 58.0 Å². The first kappa shape index (κ1) is 35.2. The Hall–Kier alpha value is -2.12. The van der Waals surface area contributed by atoms with Crippen LogP contribution in [0.1, 0.15) is 65.8 Å². The Bertz CT molecular complexity index is 1340. The Morgan fingerprint density at radius 3 is 2.35 bits per heavy atom. The monoisotopic (exact) mass is 641 g/mol. The van der Waals surface area contributed by atoms with E-state index in [9.17, 15) is 19.9 Å². The summed E-state index contributed by atoms with van der Waals surface area (Å²) in [5.41, 5.74) is 0.777. The molecule has 11 atom stereocenters. The number of ether oxygens (including phenoxy) is 5. The number of fused-ring (bicyclic) bond motifs is 5. The third-order valence-corrected chi connectivity index (χ3v) is 12.7. The van der Waals surface area contributed by atoms with E-state index >= 15 is 0 Å². The zero-order valence-corrected chi connectivity index (χ0v) is 28.8. The van der Waals surface area contributed by atoms with E-state index in [1.54, 1.807) is 7.11 Å². The first-order valence-corrected chi connectivity index (χ1v) is 16.5. The number of ketones is 1. The van der Waals surface area contributed by atoms with Crippen LogP contribution in [-0.2, 0) is 33.3 Å². The summed E-state index contributed by atoms with van der Waals surface area (Å²) in [6.45, 7) is 12.5. The standard InChI is InChI=1S/C35H52BNO9/c1-19-22(46-31(39)28(44-9)26(36-18-37-41)21-13-11-10-12-14-21)16-35(40)20(2)29-33(5)17-45-23(33)15-24(42-7)34(29,6)30(38)27(43-8)25(19)32(35,3)4/h10-14,20,22-24,26-29,36-37,40-41H,15-18H2,1-9H3/t20-,22-,23+,24-,26-,27+,28+,29+,33+,34+,35+/m0/s1. The molecule has 3 fully saturated rings. The molecule has 1 heterocycles. The molecule has 4 aliphatic rings. The van der Waals surface area contributed by atoms with E-state index in [1.807, 2.05) is 65.0 Å². The lowest BCUT2D eigenvalue weighted by molar-refractivity contribution is -0.305. The van der Waals surface area contributed by atoms with E-state index in [-0.39, 0.29) is 36.1 Å². The molecule has 1 aliphatic heterocycles. The highest BCUT2D eigenvalue weighted by Gasteiger charge is 2.73. The van der Waals surface area contributed by atoms with Crippen molar-refractivity contribution in [2.75, 3.05) is 34.4 Å². The number of benzene rings is 1. The molecule has 1 saturated heterocycles. The largest absolute Gasteiger partial charge is 0.456 e. The average molecular weight is 642 g/mol. The fourth-order valence-electron chi connectivity index (χ4n) is 10.1. The van der Waals surface area contributed by atoms with Gasteiger partial charge in [-0.15, -0.1) is 0 Å². The van der Waals surface area contributed by atoms with Gasteiger partial charge in [-0.05, 0) is 54.7 Å². The molecule has 46 heavy (non-hydrogen) atoms. The van der Waals surface area contributed by atoms with Gasteiger partial charge in [0.15, 0.2) is 19.2 Å². The number of rotatable bonds is 10. The lowest BCUT2D eigenvalue weighted by Crippen LogP contribution is -2.75. The topological polar surface area (TPSA) is 133 Å². The van der Waals surface area contributed by atoms with Crippen molar-refractivity contribution >= 4 is 19.0 Å². The molecule has 2 saturated carbocycles. The lowest BCUT2D eigenvalue weighted by atomic mass is 9.40. The summed E-state index contributed by atoms with van der Waals surface area (Å²) in [5, 5.41) is 22.5. The number of methoxy groups -OCH3 is 3. The summed E-state index contributed by atoms with van der Waals surface area (Å²) in [5.74, 6) is -1.78. The van der Waals surface area contributed by atoms with Gasteiger partial charge in [0, 0.05) is 45.0 Å². The van der Waals surface area contributed by atoms with Crippen molar-refractivity contribution in [3.63, 3.8) is 0 Å². The van der Waals surface area contributed by atoms with Crippen LogP contribution in [0.3, 0.4) is 0 Å². The minimum atomic E-state index is -1.39. The highest BCUT2D eigenvalue weighted by Crippen LogP contribution is 2.67. The molecule has 3 aliphatic carbocycles. The molecule has 0 spiro atoms. The van der Waals surface area contributed by atoms with Crippen molar-refractivity contribution in [3.05, 3.63) is 47.0 Å². The Labute approximate surface area is 273 Å². The second kappa shape index (κ2) is 12.7. The van der Waals surface area contributed by atoms with Gasteiger partial charge in [0.2, 0.25) is 0 Å². The summed E-state index contributed by atoms with van der Waals surface area (Å²) < 4.78 is 30.3. The predicted octanol–water partition coefficient (Wildman–Crippen LogP) is 3.18. The summed E-state index contributed by atoms with van der Waals surface area (Å²) in [4.78, 5) is 29.0. The number of Topliss-reactive ketones (excluding diaryl/α,β-unsaturated/α-hetero) is 1. The maximum atomic E-state index is 15.0. The number of carbonyl (C=O) groups excluding carboxylic acids is 2. The Morgan fingerprint density at radius 1 is 1.13 bits per heavy atom. The van der Waals surface area contributed by atoms with Gasteiger partial charge < -0.3 is 34.0 Å². The van der Waals surface area contributed by atoms with Gasteiger partial charge in [-0.25, -0.2) is 10.3 Å². The second-order valence-electron chi connectivity index (χ2n) is 14.9. The number of nitrogens with one attached hydrogen (secondary N) is 1. The molecule has 5 rings (SSSR count). The fourth-order valence-corrected chi connectivity index (χ4v) is 10.1. The molecule has 0 amide bonds. The number of carbonyl (C=O) groups is 2. The van der Waals surface area contributed by atoms with Crippen LogP contribution in [0.25, 0.3) is 0 Å². The Morgan fingerprint density at radius 2 is 1.80 bits per heavy atom. The molecule has 1 aromatic carbocycles. The van der Waals surface area contributed by atoms with Crippen LogP contribution in [0.2, 0.25) is 0 Å². The van der Waals surface area contributed by atoms with E-state index < -0.39 is 58.6 Å². The van der Waals surface area contributed by atoms with Crippen LogP contribution < -0.4 is 5.48 Å². The normalized spacial score (nSPS) is 39.6. The molecule has 11 heteroatoms. The van der Waals surface area contributed by atoms with Gasteiger partial charge >= 0.3 is 5.97 Å². The van der Waals surface area contributed by atoms with Crippen molar-refractivity contribution in [2.24, 2.45) is 28.1 Å². The first-order chi connectivity index (χ1) is 21.7. The van der Waals surface area contributed by atoms with Gasteiger partial charge in [-0.2, -0.15) is 0 Å². The van der Waals surface area contributed by atoms with E-state index in [2.05, 4.69) is 12.4 Å². The van der Waals surface area contributed by atoms with Crippen molar-refractivity contribution in [1.29, 1.82) is 0 Å². The SMILES string of the molecule is CO[C@H]1C(=O)[C@]2(C)[C@@H](OC)C[C@H]3OC[C@@]3(C)[C@H]2[C@H](C)[C@]2(O)C[C@H](OC(=O)[C@H](OC)[C@@H](BCNO)c3ccccc3)C(C)=C1C2(C)C. The van der Waals surface area contributed by atoms with Gasteiger partial charge in [-0.3, -0.25) is 4.79 Å². The molecular formula is C35H52BNO9. The molecular weight excluding hydrogens is 589 g/mol. The van der Waals surface area contributed by atoms with E-state index in [0.29, 0.717) is 31.5 Å². The number of hydrogen-bond acceptors (Lipinski definition) is 10. The van der Waals surface area contributed by atoms with E-state index in [0.717, 1.165) is 5.56 Å². The first-order valence-electron chi connectivity index (χ1n) is 16.5. The summed E-state index contributed by atoms with van der Waals surface area (Å²) >= 11 is 0. The molecule has 3 N–H and O–H groups in total. The van der Waals surface area contributed by atoms with E-state index in [4.69, 9.17) is 23.7 Å². The Kier molecular flexibility index (Phi) is 9.74. The van der Waals surface area contributed by atoms with Crippen molar-refractivity contribution in [2.45, 2.75) is 96.3 Å². The van der Waals surface area contributed by atoms with Crippen molar-refractivity contribution < 1.29 is 43.6 Å². The van der Waals surface area contributed by atoms with Crippen LogP contribution in [0.5, 0.6) is 0 Å². The molecule has 0 radical (unpaired) electrons. The minimum Gasteiger partial charge on any atom is -0.456 e.